The number of thioether (sulfide) groups is 1. The van der Waals surface area contributed by atoms with Crippen LogP contribution in [0.4, 0.5) is 0 Å². The van der Waals surface area contributed by atoms with Crippen molar-refractivity contribution in [1.82, 2.24) is 15.2 Å². The Hall–Kier alpha value is -0.0200. The first-order chi connectivity index (χ1) is 9.60. The van der Waals surface area contributed by atoms with Gasteiger partial charge >= 0.3 is 0 Å². The molecule has 1 aliphatic rings. The molecule has 1 atom stereocenters. The highest BCUT2D eigenvalue weighted by molar-refractivity contribution is 14.0. The van der Waals surface area contributed by atoms with Crippen molar-refractivity contribution in [3.05, 3.63) is 16.1 Å². The lowest BCUT2D eigenvalue weighted by molar-refractivity contribution is 0.380. The van der Waals surface area contributed by atoms with Crippen LogP contribution in [0.3, 0.4) is 0 Å². The van der Waals surface area contributed by atoms with Gasteiger partial charge in [-0.05, 0) is 12.8 Å². The van der Waals surface area contributed by atoms with Crippen LogP contribution in [0.2, 0.25) is 0 Å². The summed E-state index contributed by atoms with van der Waals surface area (Å²) in [5, 5.41) is 7.35. The summed E-state index contributed by atoms with van der Waals surface area (Å²) in [5.41, 5.74) is 1.09. The molecule has 0 saturated carbocycles. The molecule has 120 valence electrons. The fourth-order valence-corrected chi connectivity index (χ4v) is 4.25. The van der Waals surface area contributed by atoms with Crippen LogP contribution >= 0.6 is 47.1 Å². The number of guanidine groups is 1. The van der Waals surface area contributed by atoms with Crippen LogP contribution in [-0.4, -0.2) is 47.0 Å². The van der Waals surface area contributed by atoms with Crippen molar-refractivity contribution in [2.45, 2.75) is 32.6 Å². The fraction of sp³-hybridized carbons (Fsp3) is 0.714. The first-order valence-electron chi connectivity index (χ1n) is 7.08. The molecule has 1 aromatic heterocycles. The van der Waals surface area contributed by atoms with E-state index < -0.39 is 0 Å². The Morgan fingerprint density at radius 1 is 1.57 bits per heavy atom. The first kappa shape index (κ1) is 19.0. The topological polar surface area (TPSA) is 40.5 Å². The van der Waals surface area contributed by atoms with Crippen LogP contribution in [-0.2, 0) is 6.54 Å². The molecule has 21 heavy (non-hydrogen) atoms. The second-order valence-electron chi connectivity index (χ2n) is 5.38. The molecule has 0 amide bonds. The molecule has 2 rings (SSSR count). The lowest BCUT2D eigenvalue weighted by atomic mass is 10.1. The second kappa shape index (κ2) is 9.19. The van der Waals surface area contributed by atoms with E-state index in [2.05, 4.69) is 51.2 Å². The van der Waals surface area contributed by atoms with Crippen molar-refractivity contribution >= 4 is 53.0 Å². The number of nitrogens with zero attached hydrogens (tertiary/aromatic N) is 3. The van der Waals surface area contributed by atoms with E-state index in [1.54, 1.807) is 11.3 Å². The smallest absolute Gasteiger partial charge is 0.194 e. The third-order valence-corrected chi connectivity index (χ3v) is 5.92. The van der Waals surface area contributed by atoms with Crippen molar-refractivity contribution in [2.75, 3.05) is 25.9 Å². The zero-order valence-electron chi connectivity index (χ0n) is 13.1. The number of aliphatic imine (C=N–C) groups is 1. The Bertz CT molecular complexity index is 462. The molecule has 0 spiro atoms. The Balaban J connectivity index is 0.00000220. The summed E-state index contributed by atoms with van der Waals surface area (Å²) in [7, 11) is 1.86. The largest absolute Gasteiger partial charge is 0.350 e. The fourth-order valence-electron chi connectivity index (χ4n) is 2.24. The minimum absolute atomic E-state index is 0. The van der Waals surface area contributed by atoms with Crippen molar-refractivity contribution in [3.8, 4) is 0 Å². The predicted octanol–water partition coefficient (Wildman–Crippen LogP) is 3.22. The molecular weight excluding hydrogens is 415 g/mol. The minimum atomic E-state index is 0. The van der Waals surface area contributed by atoms with Crippen molar-refractivity contribution in [3.63, 3.8) is 0 Å². The van der Waals surface area contributed by atoms with E-state index in [0.717, 1.165) is 36.3 Å². The minimum Gasteiger partial charge on any atom is -0.350 e. The van der Waals surface area contributed by atoms with Gasteiger partial charge in [-0.15, -0.1) is 35.3 Å². The summed E-state index contributed by atoms with van der Waals surface area (Å²) < 4.78 is 0. The molecule has 1 N–H and O–H groups in total. The van der Waals surface area contributed by atoms with Gasteiger partial charge in [0.2, 0.25) is 0 Å². The van der Waals surface area contributed by atoms with Gasteiger partial charge in [0.1, 0.15) is 5.01 Å². The molecule has 0 radical (unpaired) electrons. The van der Waals surface area contributed by atoms with Gasteiger partial charge in [0.15, 0.2) is 5.96 Å². The van der Waals surface area contributed by atoms with Crippen LogP contribution in [0.1, 0.15) is 24.5 Å². The SMILES string of the molecule is CN=C(NCc1nc(C)cs1)N1CCSC(C(C)C)C1.I. The van der Waals surface area contributed by atoms with Gasteiger partial charge in [0, 0.05) is 42.2 Å². The van der Waals surface area contributed by atoms with Gasteiger partial charge in [0.05, 0.1) is 6.54 Å². The molecule has 4 nitrogen and oxygen atoms in total. The van der Waals surface area contributed by atoms with Crippen LogP contribution in [0, 0.1) is 12.8 Å². The average Bonchev–Trinajstić information content (AvgIpc) is 2.85. The Labute approximate surface area is 153 Å². The predicted molar refractivity (Wildman–Crippen MR) is 105 cm³/mol. The number of rotatable bonds is 3. The molecule has 0 aromatic carbocycles. The van der Waals surface area contributed by atoms with E-state index in [1.165, 1.54) is 5.75 Å². The van der Waals surface area contributed by atoms with Crippen LogP contribution in [0.15, 0.2) is 10.4 Å². The standard InChI is InChI=1S/C14H24N4S2.HI/c1-10(2)12-8-18(5-6-19-12)14(15-4)16-7-13-17-11(3)9-20-13;/h9-10,12H,5-8H2,1-4H3,(H,15,16);1H. The molecule has 1 aliphatic heterocycles. The van der Waals surface area contributed by atoms with Gasteiger partial charge < -0.3 is 10.2 Å². The van der Waals surface area contributed by atoms with Crippen molar-refractivity contribution in [2.24, 2.45) is 10.9 Å². The van der Waals surface area contributed by atoms with Gasteiger partial charge in [-0.1, -0.05) is 13.8 Å². The molecule has 7 heteroatoms. The summed E-state index contributed by atoms with van der Waals surface area (Å²) in [4.78, 5) is 11.3. The summed E-state index contributed by atoms with van der Waals surface area (Å²) >= 11 is 3.79. The van der Waals surface area contributed by atoms with E-state index >= 15 is 0 Å². The Kier molecular flexibility index (Phi) is 8.33. The molecular formula is C14H25IN4S2. The molecule has 1 unspecified atom stereocenters. The maximum absolute atomic E-state index is 4.48. The molecule has 0 bridgehead atoms. The zero-order valence-corrected chi connectivity index (χ0v) is 17.1. The third-order valence-electron chi connectivity index (χ3n) is 3.41. The highest BCUT2D eigenvalue weighted by Crippen LogP contribution is 2.24. The summed E-state index contributed by atoms with van der Waals surface area (Å²) in [6, 6.07) is 0. The van der Waals surface area contributed by atoms with Gasteiger partial charge in [0.25, 0.3) is 0 Å². The highest BCUT2D eigenvalue weighted by Gasteiger charge is 2.24. The summed E-state index contributed by atoms with van der Waals surface area (Å²) in [6.45, 7) is 9.56. The van der Waals surface area contributed by atoms with Gasteiger partial charge in [-0.25, -0.2) is 4.98 Å². The van der Waals surface area contributed by atoms with Crippen molar-refractivity contribution in [1.29, 1.82) is 0 Å². The quantitative estimate of drug-likeness (QED) is 0.445. The number of aryl methyl sites for hydroxylation is 1. The second-order valence-corrected chi connectivity index (χ2v) is 7.67. The van der Waals surface area contributed by atoms with E-state index in [-0.39, 0.29) is 24.0 Å². The number of thiazole rings is 1. The first-order valence-corrected chi connectivity index (χ1v) is 9.01. The molecule has 1 fully saturated rings. The number of aromatic nitrogens is 1. The molecule has 0 aliphatic carbocycles. The van der Waals surface area contributed by atoms with Crippen LogP contribution in [0.5, 0.6) is 0 Å². The number of hydrogen-bond donors (Lipinski definition) is 1. The highest BCUT2D eigenvalue weighted by atomic mass is 127. The maximum Gasteiger partial charge on any atom is 0.194 e. The summed E-state index contributed by atoms with van der Waals surface area (Å²) in [5.74, 6) is 2.89. The van der Waals surface area contributed by atoms with Gasteiger partial charge in [-0.3, -0.25) is 4.99 Å². The van der Waals surface area contributed by atoms with E-state index in [4.69, 9.17) is 0 Å². The average molecular weight is 440 g/mol. The Morgan fingerprint density at radius 2 is 2.33 bits per heavy atom. The lowest BCUT2D eigenvalue weighted by Crippen LogP contribution is -2.48. The monoisotopic (exact) mass is 440 g/mol. The Morgan fingerprint density at radius 3 is 2.90 bits per heavy atom. The van der Waals surface area contributed by atoms with Crippen LogP contribution < -0.4 is 5.32 Å². The lowest BCUT2D eigenvalue weighted by Gasteiger charge is -2.36. The van der Waals surface area contributed by atoms with Crippen molar-refractivity contribution < 1.29 is 0 Å². The number of hydrogen-bond acceptors (Lipinski definition) is 4. The van der Waals surface area contributed by atoms with Crippen LogP contribution in [0.25, 0.3) is 0 Å². The normalized spacial score (nSPS) is 19.6. The molecule has 1 aromatic rings. The summed E-state index contributed by atoms with van der Waals surface area (Å²) in [6.07, 6.45) is 0. The third kappa shape index (κ3) is 5.59. The number of halogens is 1. The van der Waals surface area contributed by atoms with E-state index in [0.29, 0.717) is 11.2 Å². The number of nitrogens with one attached hydrogen (secondary N) is 1. The zero-order chi connectivity index (χ0) is 14.5. The molecule has 1 saturated heterocycles. The van der Waals surface area contributed by atoms with E-state index in [1.807, 2.05) is 14.0 Å². The van der Waals surface area contributed by atoms with E-state index in [9.17, 15) is 0 Å². The maximum atomic E-state index is 4.48. The molecule has 2 heterocycles. The van der Waals surface area contributed by atoms with Gasteiger partial charge in [-0.2, -0.15) is 11.8 Å².